The molecular formula is C17H19BrFN. The molecule has 1 N–H and O–H groups in total. The zero-order valence-corrected chi connectivity index (χ0v) is 13.2. The largest absolute Gasteiger partial charge is 0.316 e. The zero-order chi connectivity index (χ0) is 14.4. The maximum absolute atomic E-state index is 13.4. The van der Waals surface area contributed by atoms with Crippen molar-refractivity contribution in [3.63, 3.8) is 0 Å². The molecule has 0 bridgehead atoms. The minimum Gasteiger partial charge on any atom is -0.316 e. The quantitative estimate of drug-likeness (QED) is 0.818. The van der Waals surface area contributed by atoms with Crippen molar-refractivity contribution in [2.75, 3.05) is 13.1 Å². The predicted octanol–water partition coefficient (Wildman–Crippen LogP) is 4.52. The highest BCUT2D eigenvalue weighted by Crippen LogP contribution is 2.22. The lowest BCUT2D eigenvalue weighted by molar-refractivity contribution is 0.583. The third-order valence-corrected chi connectivity index (χ3v) is 3.88. The molecule has 1 atom stereocenters. The zero-order valence-electron chi connectivity index (χ0n) is 11.6. The van der Waals surface area contributed by atoms with Gasteiger partial charge >= 0.3 is 0 Å². The first kappa shape index (κ1) is 15.2. The molecule has 0 amide bonds. The third kappa shape index (κ3) is 4.43. The summed E-state index contributed by atoms with van der Waals surface area (Å²) in [7, 11) is 0. The third-order valence-electron chi connectivity index (χ3n) is 3.36. The van der Waals surface area contributed by atoms with Crippen molar-refractivity contribution in [2.45, 2.75) is 19.3 Å². The Labute approximate surface area is 128 Å². The van der Waals surface area contributed by atoms with Gasteiger partial charge in [-0.05, 0) is 48.4 Å². The molecule has 1 unspecified atom stereocenters. The fraction of sp³-hybridized carbons (Fsp3) is 0.294. The van der Waals surface area contributed by atoms with Crippen molar-refractivity contribution < 1.29 is 4.39 Å². The Hall–Kier alpha value is -1.19. The monoisotopic (exact) mass is 335 g/mol. The average molecular weight is 336 g/mol. The Balaban J connectivity index is 2.16. The minimum atomic E-state index is -0.167. The van der Waals surface area contributed by atoms with Crippen LogP contribution >= 0.6 is 15.9 Å². The summed E-state index contributed by atoms with van der Waals surface area (Å²) >= 11 is 3.45. The maximum Gasteiger partial charge on any atom is 0.123 e. The van der Waals surface area contributed by atoms with Crippen LogP contribution in [0.4, 0.5) is 4.39 Å². The lowest BCUT2D eigenvalue weighted by Crippen LogP contribution is -2.22. The van der Waals surface area contributed by atoms with E-state index in [9.17, 15) is 4.39 Å². The van der Waals surface area contributed by atoms with Gasteiger partial charge in [0.1, 0.15) is 5.82 Å². The minimum absolute atomic E-state index is 0.167. The average Bonchev–Trinajstić information content (AvgIpc) is 2.45. The summed E-state index contributed by atoms with van der Waals surface area (Å²) in [5, 5.41) is 3.37. The topological polar surface area (TPSA) is 12.0 Å². The van der Waals surface area contributed by atoms with E-state index in [2.05, 4.69) is 40.3 Å². The van der Waals surface area contributed by atoms with Gasteiger partial charge in [-0.1, -0.05) is 47.1 Å². The van der Waals surface area contributed by atoms with Crippen LogP contribution in [0.25, 0.3) is 0 Å². The van der Waals surface area contributed by atoms with Gasteiger partial charge in [0.15, 0.2) is 0 Å². The van der Waals surface area contributed by atoms with Gasteiger partial charge < -0.3 is 5.32 Å². The van der Waals surface area contributed by atoms with Crippen molar-refractivity contribution >= 4 is 15.9 Å². The summed E-state index contributed by atoms with van der Waals surface area (Å²) in [5.74, 6) is 0.117. The van der Waals surface area contributed by atoms with E-state index >= 15 is 0 Å². The molecule has 20 heavy (non-hydrogen) atoms. The molecule has 0 saturated carbocycles. The lowest BCUT2D eigenvalue weighted by atomic mass is 9.92. The molecule has 0 aromatic heterocycles. The normalized spacial score (nSPS) is 12.3. The highest BCUT2D eigenvalue weighted by Gasteiger charge is 2.12. The SMILES string of the molecule is CCNCC(Cc1ccc(Br)cc1)c1cccc(F)c1. The molecule has 3 heteroatoms. The van der Waals surface area contributed by atoms with E-state index < -0.39 is 0 Å². The Morgan fingerprint density at radius 2 is 1.90 bits per heavy atom. The molecule has 0 radical (unpaired) electrons. The molecule has 0 spiro atoms. The summed E-state index contributed by atoms with van der Waals surface area (Å²) < 4.78 is 14.5. The van der Waals surface area contributed by atoms with E-state index in [1.807, 2.05) is 18.2 Å². The van der Waals surface area contributed by atoms with Crippen molar-refractivity contribution in [2.24, 2.45) is 0 Å². The van der Waals surface area contributed by atoms with E-state index in [4.69, 9.17) is 0 Å². The van der Waals surface area contributed by atoms with Crippen LogP contribution in [0.2, 0.25) is 0 Å². The van der Waals surface area contributed by atoms with Crippen LogP contribution in [0, 0.1) is 5.82 Å². The van der Waals surface area contributed by atoms with E-state index in [1.54, 1.807) is 12.1 Å². The van der Waals surface area contributed by atoms with Crippen LogP contribution in [-0.4, -0.2) is 13.1 Å². The number of benzene rings is 2. The summed E-state index contributed by atoms with van der Waals surface area (Å²) in [6, 6.07) is 15.2. The Morgan fingerprint density at radius 3 is 2.55 bits per heavy atom. The predicted molar refractivity (Wildman–Crippen MR) is 85.5 cm³/mol. The number of rotatable bonds is 6. The second-order valence-electron chi connectivity index (χ2n) is 4.89. The van der Waals surface area contributed by atoms with Gasteiger partial charge in [0.2, 0.25) is 0 Å². The van der Waals surface area contributed by atoms with Crippen molar-refractivity contribution in [3.8, 4) is 0 Å². The smallest absolute Gasteiger partial charge is 0.123 e. The molecule has 0 fully saturated rings. The van der Waals surface area contributed by atoms with Crippen LogP contribution in [0.3, 0.4) is 0 Å². The van der Waals surface area contributed by atoms with Crippen LogP contribution in [0.15, 0.2) is 53.0 Å². The van der Waals surface area contributed by atoms with Gasteiger partial charge in [-0.2, -0.15) is 0 Å². The number of likely N-dealkylation sites (N-methyl/N-ethyl adjacent to an activating group) is 1. The maximum atomic E-state index is 13.4. The molecule has 0 aliphatic heterocycles. The Morgan fingerprint density at radius 1 is 1.15 bits per heavy atom. The van der Waals surface area contributed by atoms with Crippen LogP contribution in [-0.2, 0) is 6.42 Å². The van der Waals surface area contributed by atoms with Gasteiger partial charge in [-0.3, -0.25) is 0 Å². The van der Waals surface area contributed by atoms with Gasteiger partial charge in [0.25, 0.3) is 0 Å². The van der Waals surface area contributed by atoms with E-state index in [1.165, 1.54) is 11.6 Å². The number of hydrogen-bond donors (Lipinski definition) is 1. The summed E-state index contributed by atoms with van der Waals surface area (Å²) in [6.45, 7) is 3.87. The van der Waals surface area contributed by atoms with E-state index in [-0.39, 0.29) is 11.7 Å². The van der Waals surface area contributed by atoms with Gasteiger partial charge in [-0.25, -0.2) is 4.39 Å². The summed E-state index contributed by atoms with van der Waals surface area (Å²) in [5.41, 5.74) is 2.31. The van der Waals surface area contributed by atoms with Gasteiger partial charge in [-0.15, -0.1) is 0 Å². The first-order valence-corrected chi connectivity index (χ1v) is 7.69. The fourth-order valence-corrected chi connectivity index (χ4v) is 2.56. The summed E-state index contributed by atoms with van der Waals surface area (Å²) in [4.78, 5) is 0. The molecule has 2 aromatic rings. The molecule has 0 heterocycles. The second-order valence-corrected chi connectivity index (χ2v) is 5.81. The fourth-order valence-electron chi connectivity index (χ4n) is 2.29. The van der Waals surface area contributed by atoms with Crippen molar-refractivity contribution in [1.82, 2.24) is 5.32 Å². The molecule has 2 rings (SSSR count). The Bertz CT molecular complexity index is 539. The van der Waals surface area contributed by atoms with Crippen LogP contribution < -0.4 is 5.32 Å². The number of hydrogen-bond acceptors (Lipinski definition) is 1. The molecule has 1 nitrogen and oxygen atoms in total. The van der Waals surface area contributed by atoms with Gasteiger partial charge in [0.05, 0.1) is 0 Å². The van der Waals surface area contributed by atoms with Crippen LogP contribution in [0.5, 0.6) is 0 Å². The first-order valence-electron chi connectivity index (χ1n) is 6.89. The second kappa shape index (κ2) is 7.55. The van der Waals surface area contributed by atoms with E-state index in [0.717, 1.165) is 29.5 Å². The lowest BCUT2D eigenvalue weighted by Gasteiger charge is -2.18. The van der Waals surface area contributed by atoms with E-state index in [0.29, 0.717) is 0 Å². The van der Waals surface area contributed by atoms with Gasteiger partial charge in [0, 0.05) is 16.9 Å². The highest BCUT2D eigenvalue weighted by molar-refractivity contribution is 9.10. The van der Waals surface area contributed by atoms with Crippen molar-refractivity contribution in [3.05, 3.63) is 69.9 Å². The first-order chi connectivity index (χ1) is 9.69. The standard InChI is InChI=1S/C17H19BrFN/c1-2-20-12-15(14-4-3-5-17(19)11-14)10-13-6-8-16(18)9-7-13/h3-9,11,15,20H,2,10,12H2,1H3. The molecule has 0 saturated heterocycles. The Kier molecular flexibility index (Phi) is 5.74. The number of halogens is 2. The van der Waals surface area contributed by atoms with Crippen molar-refractivity contribution in [1.29, 1.82) is 0 Å². The molecule has 0 aliphatic carbocycles. The number of nitrogens with one attached hydrogen (secondary N) is 1. The molecule has 106 valence electrons. The molecular weight excluding hydrogens is 317 g/mol. The molecule has 0 aliphatic rings. The van der Waals surface area contributed by atoms with Crippen LogP contribution in [0.1, 0.15) is 24.0 Å². The summed E-state index contributed by atoms with van der Waals surface area (Å²) in [6.07, 6.45) is 0.906. The molecule has 2 aromatic carbocycles. The highest BCUT2D eigenvalue weighted by atomic mass is 79.9.